The lowest BCUT2D eigenvalue weighted by Crippen LogP contribution is -2.17. The molecule has 1 atom stereocenters. The number of rotatable bonds is 5. The van der Waals surface area contributed by atoms with Crippen molar-refractivity contribution in [3.63, 3.8) is 0 Å². The molecule has 1 rings (SSSR count). The Balaban J connectivity index is 2.96. The van der Waals surface area contributed by atoms with Gasteiger partial charge in [-0.15, -0.1) is 0 Å². The fraction of sp³-hybridized carbons (Fsp3) is 0.364. The summed E-state index contributed by atoms with van der Waals surface area (Å²) in [6.07, 6.45) is -0.0740. The largest absolute Gasteiger partial charge is 0.469 e. The lowest BCUT2D eigenvalue weighted by Gasteiger charge is -2.12. The van der Waals surface area contributed by atoms with Crippen molar-refractivity contribution in [3.8, 4) is 0 Å². The highest BCUT2D eigenvalue weighted by molar-refractivity contribution is 6.42. The normalized spacial score (nSPS) is 11.9. The van der Waals surface area contributed by atoms with Crippen molar-refractivity contribution < 1.29 is 14.5 Å². The molecule has 5 nitrogen and oxygen atoms in total. The maximum absolute atomic E-state index is 11.2. The van der Waals surface area contributed by atoms with E-state index in [1.165, 1.54) is 13.2 Å². The van der Waals surface area contributed by atoms with Crippen LogP contribution in [0.3, 0.4) is 0 Å². The topological polar surface area (TPSA) is 69.4 Å². The number of nitrogens with zero attached hydrogens (tertiary/aromatic N) is 1. The predicted octanol–water partition coefficient (Wildman–Crippen LogP) is 2.92. The second-order valence-corrected chi connectivity index (χ2v) is 4.48. The zero-order valence-corrected chi connectivity index (χ0v) is 11.1. The highest BCUT2D eigenvalue weighted by atomic mass is 35.5. The van der Waals surface area contributed by atoms with Crippen molar-refractivity contribution >= 4 is 29.2 Å². The predicted molar refractivity (Wildman–Crippen MR) is 67.7 cm³/mol. The van der Waals surface area contributed by atoms with E-state index in [2.05, 4.69) is 4.74 Å². The summed E-state index contributed by atoms with van der Waals surface area (Å²) in [5.74, 6) is -1.09. The molecule has 18 heavy (non-hydrogen) atoms. The van der Waals surface area contributed by atoms with Crippen LogP contribution in [0, 0.1) is 10.1 Å². The molecule has 1 aromatic carbocycles. The Morgan fingerprint density at radius 3 is 2.61 bits per heavy atom. The Morgan fingerprint density at radius 2 is 2.11 bits per heavy atom. The highest BCUT2D eigenvalue weighted by Gasteiger charge is 2.22. The number of methoxy groups -OCH3 is 1. The average Bonchev–Trinajstić information content (AvgIpc) is 2.31. The Bertz CT molecular complexity index is 464. The van der Waals surface area contributed by atoms with Crippen LogP contribution in [-0.2, 0) is 9.53 Å². The van der Waals surface area contributed by atoms with Gasteiger partial charge >= 0.3 is 5.97 Å². The van der Waals surface area contributed by atoms with Crippen molar-refractivity contribution in [3.05, 3.63) is 43.9 Å². The molecule has 0 saturated heterocycles. The lowest BCUT2D eigenvalue weighted by molar-refractivity contribution is -0.483. The minimum Gasteiger partial charge on any atom is -0.469 e. The summed E-state index contributed by atoms with van der Waals surface area (Å²) in [7, 11) is 1.24. The van der Waals surface area contributed by atoms with E-state index in [4.69, 9.17) is 23.2 Å². The number of carbonyl (C=O) groups is 1. The molecule has 0 aliphatic carbocycles. The van der Waals surface area contributed by atoms with Crippen LogP contribution in [0.1, 0.15) is 17.9 Å². The van der Waals surface area contributed by atoms with Crippen molar-refractivity contribution in [2.24, 2.45) is 0 Å². The zero-order chi connectivity index (χ0) is 13.7. The molecule has 0 heterocycles. The zero-order valence-electron chi connectivity index (χ0n) is 9.56. The van der Waals surface area contributed by atoms with E-state index in [9.17, 15) is 14.9 Å². The highest BCUT2D eigenvalue weighted by Crippen LogP contribution is 2.28. The van der Waals surface area contributed by atoms with Gasteiger partial charge in [0.05, 0.1) is 29.5 Å². The molecule has 0 fully saturated rings. The van der Waals surface area contributed by atoms with Crippen LogP contribution in [0.15, 0.2) is 18.2 Å². The summed E-state index contributed by atoms with van der Waals surface area (Å²) in [5.41, 5.74) is 0.589. The van der Waals surface area contributed by atoms with Crippen LogP contribution >= 0.6 is 23.2 Å². The van der Waals surface area contributed by atoms with Gasteiger partial charge in [-0.2, -0.15) is 0 Å². The first-order chi connectivity index (χ1) is 8.43. The lowest BCUT2D eigenvalue weighted by atomic mass is 9.96. The fourth-order valence-electron chi connectivity index (χ4n) is 1.52. The van der Waals surface area contributed by atoms with Gasteiger partial charge in [0.15, 0.2) is 0 Å². The number of esters is 1. The Labute approximate surface area is 114 Å². The van der Waals surface area contributed by atoms with Gasteiger partial charge in [-0.05, 0) is 17.7 Å². The van der Waals surface area contributed by atoms with Crippen LogP contribution in [0.25, 0.3) is 0 Å². The minimum atomic E-state index is -0.581. The third kappa shape index (κ3) is 4.16. The smallest absolute Gasteiger partial charge is 0.306 e. The summed E-state index contributed by atoms with van der Waals surface area (Å²) in [6, 6.07) is 4.69. The molecule has 0 bridgehead atoms. The number of benzene rings is 1. The molecule has 0 radical (unpaired) electrons. The van der Waals surface area contributed by atoms with Crippen molar-refractivity contribution in [1.82, 2.24) is 0 Å². The van der Waals surface area contributed by atoms with Gasteiger partial charge < -0.3 is 4.74 Å². The van der Waals surface area contributed by atoms with Gasteiger partial charge in [0.1, 0.15) is 0 Å². The molecule has 0 saturated carbocycles. The standard InChI is InChI=1S/C11H11Cl2NO4/c1-18-11(15)5-8(6-14(16)17)7-2-3-9(12)10(13)4-7/h2-4,8H,5-6H2,1H3. The average molecular weight is 292 g/mol. The van der Waals surface area contributed by atoms with Gasteiger partial charge in [-0.3, -0.25) is 14.9 Å². The summed E-state index contributed by atoms with van der Waals surface area (Å²) >= 11 is 11.6. The quantitative estimate of drug-likeness (QED) is 0.475. The van der Waals surface area contributed by atoms with E-state index in [0.717, 1.165) is 0 Å². The van der Waals surface area contributed by atoms with Gasteiger partial charge in [-0.1, -0.05) is 29.3 Å². The molecule has 7 heteroatoms. The van der Waals surface area contributed by atoms with Crippen LogP contribution < -0.4 is 0 Å². The minimum absolute atomic E-state index is 0.0740. The van der Waals surface area contributed by atoms with E-state index < -0.39 is 16.8 Å². The van der Waals surface area contributed by atoms with Gasteiger partial charge in [0.25, 0.3) is 0 Å². The summed E-state index contributed by atoms with van der Waals surface area (Å²) in [6.45, 7) is -0.368. The molecule has 0 aromatic heterocycles. The maximum atomic E-state index is 11.2. The SMILES string of the molecule is COC(=O)CC(C[N+](=O)[O-])c1ccc(Cl)c(Cl)c1. The first-order valence-electron chi connectivity index (χ1n) is 5.07. The molecule has 0 aliphatic rings. The fourth-order valence-corrected chi connectivity index (χ4v) is 1.83. The van der Waals surface area contributed by atoms with E-state index in [-0.39, 0.29) is 13.0 Å². The van der Waals surface area contributed by atoms with Crippen molar-refractivity contribution in [2.75, 3.05) is 13.7 Å². The Morgan fingerprint density at radius 1 is 1.44 bits per heavy atom. The molecule has 0 spiro atoms. The number of carbonyl (C=O) groups excluding carboxylic acids is 1. The molecule has 0 amide bonds. The molecular formula is C11H11Cl2NO4. The monoisotopic (exact) mass is 291 g/mol. The first-order valence-corrected chi connectivity index (χ1v) is 5.83. The summed E-state index contributed by atoms with van der Waals surface area (Å²) in [5, 5.41) is 11.3. The second-order valence-electron chi connectivity index (χ2n) is 3.67. The maximum Gasteiger partial charge on any atom is 0.306 e. The molecule has 1 unspecified atom stereocenters. The van der Waals surface area contributed by atoms with E-state index in [1.54, 1.807) is 12.1 Å². The number of halogens is 2. The molecule has 0 aliphatic heterocycles. The van der Waals surface area contributed by atoms with Gasteiger partial charge in [-0.25, -0.2) is 0 Å². The van der Waals surface area contributed by atoms with Crippen LogP contribution in [0.5, 0.6) is 0 Å². The number of hydrogen-bond acceptors (Lipinski definition) is 4. The third-order valence-electron chi connectivity index (χ3n) is 2.43. The third-order valence-corrected chi connectivity index (χ3v) is 3.16. The number of ether oxygens (including phenoxy) is 1. The van der Waals surface area contributed by atoms with E-state index in [0.29, 0.717) is 15.6 Å². The van der Waals surface area contributed by atoms with Crippen molar-refractivity contribution in [1.29, 1.82) is 0 Å². The Kier molecular flexibility index (Phi) is 5.37. The van der Waals surface area contributed by atoms with Gasteiger partial charge in [0, 0.05) is 4.92 Å². The molecule has 1 aromatic rings. The second kappa shape index (κ2) is 6.56. The van der Waals surface area contributed by atoms with E-state index in [1.807, 2.05) is 0 Å². The van der Waals surface area contributed by atoms with Crippen LogP contribution in [-0.4, -0.2) is 24.5 Å². The Hall–Kier alpha value is -1.33. The molecular weight excluding hydrogens is 281 g/mol. The van der Waals surface area contributed by atoms with Crippen LogP contribution in [0.2, 0.25) is 10.0 Å². The van der Waals surface area contributed by atoms with Crippen molar-refractivity contribution in [2.45, 2.75) is 12.3 Å². The van der Waals surface area contributed by atoms with Crippen LogP contribution in [0.4, 0.5) is 0 Å². The number of nitro groups is 1. The van der Waals surface area contributed by atoms with E-state index >= 15 is 0 Å². The number of hydrogen-bond donors (Lipinski definition) is 0. The molecule has 98 valence electrons. The first kappa shape index (κ1) is 14.7. The van der Waals surface area contributed by atoms with Gasteiger partial charge in [0.2, 0.25) is 6.54 Å². The molecule has 0 N–H and O–H groups in total. The summed E-state index contributed by atoms with van der Waals surface area (Å²) in [4.78, 5) is 21.3. The summed E-state index contributed by atoms with van der Waals surface area (Å²) < 4.78 is 4.52.